The van der Waals surface area contributed by atoms with Gasteiger partial charge < -0.3 is 52.1 Å². The van der Waals surface area contributed by atoms with Crippen LogP contribution in [-0.2, 0) is 66.4 Å². The topological polar surface area (TPSA) is 145 Å². The molecule has 272 valence electrons. The second-order valence-electron chi connectivity index (χ2n) is 9.47. The number of ether oxygens (including phenoxy) is 11. The number of hydrogen-bond donors (Lipinski definition) is 0. The molecule has 47 heavy (non-hydrogen) atoms. The fraction of sp³-hybridized carbons (Fsp3) is 0.750. The van der Waals surface area contributed by atoms with E-state index in [9.17, 15) is 8.42 Å². The summed E-state index contributed by atoms with van der Waals surface area (Å²) in [6, 6.07) is 6.48. The van der Waals surface area contributed by atoms with Crippen molar-refractivity contribution in [3.05, 3.63) is 29.8 Å². The molecule has 0 radical (unpaired) electrons. The first-order valence-corrected chi connectivity index (χ1v) is 17.2. The van der Waals surface area contributed by atoms with Crippen molar-refractivity contribution in [2.75, 3.05) is 152 Å². The van der Waals surface area contributed by atoms with Crippen LogP contribution in [0.15, 0.2) is 29.2 Å². The maximum atomic E-state index is 12.1. The molecule has 1 aromatic rings. The number of hydrogen-bond acceptors (Lipinski definition) is 14. The molecule has 1 aromatic carbocycles. The van der Waals surface area contributed by atoms with Gasteiger partial charge in [-0.2, -0.15) is 8.42 Å². The molecule has 0 aromatic heterocycles. The Bertz CT molecular complexity index is 956. The van der Waals surface area contributed by atoms with Gasteiger partial charge in [-0.05, 0) is 19.1 Å². The average Bonchev–Trinajstić information content (AvgIpc) is 3.06. The molecule has 0 amide bonds. The molecule has 0 saturated carbocycles. The van der Waals surface area contributed by atoms with Crippen LogP contribution >= 0.6 is 0 Å². The molecule has 15 heteroatoms. The first kappa shape index (κ1) is 43.3. The van der Waals surface area contributed by atoms with E-state index in [1.807, 2.05) is 6.92 Å². The highest BCUT2D eigenvalue weighted by atomic mass is 32.2. The molecule has 0 N–H and O–H groups in total. The third kappa shape index (κ3) is 28.9. The lowest BCUT2D eigenvalue weighted by atomic mass is 10.2. The van der Waals surface area contributed by atoms with Gasteiger partial charge in [-0.1, -0.05) is 23.6 Å². The fourth-order valence-corrected chi connectivity index (χ4v) is 4.20. The molecule has 0 aliphatic rings. The summed E-state index contributed by atoms with van der Waals surface area (Å²) in [7, 11) is -3.77. The van der Waals surface area contributed by atoms with E-state index in [0.717, 1.165) is 5.56 Å². The summed E-state index contributed by atoms with van der Waals surface area (Å²) >= 11 is 0. The lowest BCUT2D eigenvalue weighted by Gasteiger charge is -2.09. The summed E-state index contributed by atoms with van der Waals surface area (Å²) in [6.07, 6.45) is 5.08. The Morgan fingerprint density at radius 3 is 0.979 bits per heavy atom. The number of aryl methyl sites for hydroxylation is 1. The zero-order valence-electron chi connectivity index (χ0n) is 27.8. The smallest absolute Gasteiger partial charge is 0.297 e. The van der Waals surface area contributed by atoms with E-state index < -0.39 is 10.1 Å². The van der Waals surface area contributed by atoms with Crippen LogP contribution in [0.1, 0.15) is 5.56 Å². The van der Waals surface area contributed by atoms with Crippen LogP contribution in [0.3, 0.4) is 0 Å². The van der Waals surface area contributed by atoms with Gasteiger partial charge in [0, 0.05) is 0 Å². The Morgan fingerprint density at radius 1 is 0.447 bits per heavy atom. The first-order valence-electron chi connectivity index (χ1n) is 15.8. The van der Waals surface area contributed by atoms with Crippen molar-refractivity contribution in [3.63, 3.8) is 0 Å². The van der Waals surface area contributed by atoms with Crippen molar-refractivity contribution in [3.8, 4) is 12.3 Å². The highest BCUT2D eigenvalue weighted by Crippen LogP contribution is 2.12. The Hall–Kier alpha value is -1.75. The van der Waals surface area contributed by atoms with Crippen molar-refractivity contribution >= 4 is 10.1 Å². The van der Waals surface area contributed by atoms with Gasteiger partial charge in [0.2, 0.25) is 0 Å². The van der Waals surface area contributed by atoms with E-state index in [1.54, 1.807) is 12.1 Å². The molecule has 0 unspecified atom stereocenters. The van der Waals surface area contributed by atoms with Gasteiger partial charge in [0.05, 0.1) is 150 Å². The lowest BCUT2D eigenvalue weighted by Crippen LogP contribution is -2.16. The summed E-state index contributed by atoms with van der Waals surface area (Å²) in [5, 5.41) is 0. The van der Waals surface area contributed by atoms with Crippen LogP contribution in [0.25, 0.3) is 0 Å². The average molecular weight is 695 g/mol. The molecule has 0 spiro atoms. The van der Waals surface area contributed by atoms with Crippen LogP contribution in [-0.4, -0.2) is 160 Å². The van der Waals surface area contributed by atoms with Crippen molar-refractivity contribution in [1.82, 2.24) is 0 Å². The molecule has 0 fully saturated rings. The predicted molar refractivity (Wildman–Crippen MR) is 172 cm³/mol. The van der Waals surface area contributed by atoms with Gasteiger partial charge in [0.1, 0.15) is 6.61 Å². The summed E-state index contributed by atoms with van der Waals surface area (Å²) in [5.41, 5.74) is 0.974. The van der Waals surface area contributed by atoms with Crippen LogP contribution in [0, 0.1) is 19.3 Å². The molecule has 0 atom stereocenters. The summed E-state index contributed by atoms with van der Waals surface area (Å²) in [4.78, 5) is 0.126. The highest BCUT2D eigenvalue weighted by molar-refractivity contribution is 7.86. The number of terminal acetylenes is 1. The van der Waals surface area contributed by atoms with Gasteiger partial charge in [0.25, 0.3) is 10.1 Å². The minimum atomic E-state index is -3.77. The Kier molecular flexibility index (Phi) is 30.2. The molecule has 14 nitrogen and oxygen atoms in total. The maximum absolute atomic E-state index is 12.1. The first-order chi connectivity index (χ1) is 23.1. The molecule has 0 saturated heterocycles. The zero-order chi connectivity index (χ0) is 33.9. The van der Waals surface area contributed by atoms with Crippen molar-refractivity contribution in [2.45, 2.75) is 11.8 Å². The van der Waals surface area contributed by atoms with Crippen LogP contribution in [0.5, 0.6) is 0 Å². The SMILES string of the molecule is C#CCOCCOCCOCCOCCOCCOCCOCCOCCOCCOCCOCCOS(=O)(=O)c1ccc(C)cc1. The summed E-state index contributed by atoms with van der Waals surface area (Å²) in [5.74, 6) is 2.39. The second-order valence-corrected chi connectivity index (χ2v) is 11.1. The standard InChI is InChI=1S/C32H54O14S/c1-3-8-35-9-10-36-11-12-37-13-14-38-15-16-39-17-18-40-19-20-41-21-22-42-23-24-43-25-26-44-27-28-45-29-30-46-47(33,34)32-6-4-31(2)5-7-32/h1,4-7H,8-30H2,2H3. The third-order valence-corrected chi connectivity index (χ3v) is 7.01. The largest absolute Gasteiger partial charge is 0.377 e. The maximum Gasteiger partial charge on any atom is 0.297 e. The van der Waals surface area contributed by atoms with E-state index in [1.165, 1.54) is 12.1 Å². The predicted octanol–water partition coefficient (Wildman–Crippen LogP) is 1.52. The normalized spacial score (nSPS) is 11.7. The summed E-state index contributed by atoms with van der Waals surface area (Å²) < 4.78 is 88.4. The van der Waals surface area contributed by atoms with E-state index >= 15 is 0 Å². The minimum absolute atomic E-state index is 0.0611. The van der Waals surface area contributed by atoms with Gasteiger partial charge in [-0.15, -0.1) is 6.42 Å². The second kappa shape index (κ2) is 32.8. The Morgan fingerprint density at radius 2 is 0.702 bits per heavy atom. The highest BCUT2D eigenvalue weighted by Gasteiger charge is 2.14. The van der Waals surface area contributed by atoms with Crippen LogP contribution in [0.2, 0.25) is 0 Å². The lowest BCUT2D eigenvalue weighted by molar-refractivity contribution is -0.0274. The molecule has 0 bridgehead atoms. The number of rotatable bonds is 36. The Balaban J connectivity index is 1.68. The molecule has 0 heterocycles. The Labute approximate surface area is 280 Å². The molecular weight excluding hydrogens is 640 g/mol. The number of benzene rings is 1. The third-order valence-electron chi connectivity index (χ3n) is 5.68. The summed E-state index contributed by atoms with van der Waals surface area (Å²) in [6.45, 7) is 11.6. The van der Waals surface area contributed by atoms with Crippen molar-refractivity contribution in [2.24, 2.45) is 0 Å². The van der Waals surface area contributed by atoms with E-state index in [0.29, 0.717) is 139 Å². The fourth-order valence-electron chi connectivity index (χ4n) is 3.31. The van der Waals surface area contributed by atoms with E-state index in [4.69, 9.17) is 62.7 Å². The monoisotopic (exact) mass is 694 g/mol. The van der Waals surface area contributed by atoms with Gasteiger partial charge >= 0.3 is 0 Å². The molecular formula is C32H54O14S. The van der Waals surface area contributed by atoms with Crippen molar-refractivity contribution < 1.29 is 64.7 Å². The van der Waals surface area contributed by atoms with Crippen LogP contribution < -0.4 is 0 Å². The zero-order valence-corrected chi connectivity index (χ0v) is 28.6. The molecule has 1 rings (SSSR count). The molecule has 0 aliphatic carbocycles. The van der Waals surface area contributed by atoms with E-state index in [-0.39, 0.29) is 18.1 Å². The van der Waals surface area contributed by atoms with E-state index in [2.05, 4.69) is 5.92 Å². The van der Waals surface area contributed by atoms with Gasteiger partial charge in [-0.25, -0.2) is 0 Å². The van der Waals surface area contributed by atoms with Gasteiger partial charge in [-0.3, -0.25) is 4.18 Å². The van der Waals surface area contributed by atoms with Gasteiger partial charge in [0.15, 0.2) is 0 Å². The quantitative estimate of drug-likeness (QED) is 0.0569. The molecule has 0 aliphatic heterocycles. The minimum Gasteiger partial charge on any atom is -0.377 e. The van der Waals surface area contributed by atoms with Crippen molar-refractivity contribution in [1.29, 1.82) is 0 Å². The van der Waals surface area contributed by atoms with Crippen LogP contribution in [0.4, 0.5) is 0 Å².